The van der Waals surface area contributed by atoms with E-state index in [-0.39, 0.29) is 17.9 Å². The number of nitrogens with two attached hydrogens (primary N) is 1. The van der Waals surface area contributed by atoms with Crippen molar-refractivity contribution < 1.29 is 13.3 Å². The van der Waals surface area contributed by atoms with Crippen LogP contribution in [0.15, 0.2) is 0 Å². The lowest BCUT2D eigenvalue weighted by Crippen LogP contribution is -2.46. The van der Waals surface area contributed by atoms with Crippen LogP contribution in [0.2, 0.25) is 6.04 Å². The maximum absolute atomic E-state index is 6.50. The van der Waals surface area contributed by atoms with E-state index in [1.54, 1.807) is 21.3 Å². The largest absolute Gasteiger partial charge is 0.500 e. The third-order valence-corrected chi connectivity index (χ3v) is 9.27. The Bertz CT molecular complexity index is 360. The highest BCUT2D eigenvalue weighted by Gasteiger charge is 2.39. The molecule has 31 heavy (non-hydrogen) atoms. The zero-order valence-corrected chi connectivity index (χ0v) is 23.5. The molecular formula is C25H56ClNO3Si. The van der Waals surface area contributed by atoms with Gasteiger partial charge in [-0.25, -0.2) is 0 Å². The average molecular weight is 482 g/mol. The maximum atomic E-state index is 6.50. The van der Waals surface area contributed by atoms with E-state index < -0.39 is 8.80 Å². The van der Waals surface area contributed by atoms with Gasteiger partial charge in [-0.05, 0) is 19.8 Å². The quantitative estimate of drug-likeness (QED) is 0.118. The Hall–Kier alpha value is 0.347. The maximum Gasteiger partial charge on any atom is 0.500 e. The summed E-state index contributed by atoms with van der Waals surface area (Å²) in [6, 6.07) is 0.780. The molecule has 0 saturated heterocycles. The van der Waals surface area contributed by atoms with E-state index in [4.69, 9.17) is 19.0 Å². The smallest absolute Gasteiger partial charge is 0.377 e. The first-order valence-electron chi connectivity index (χ1n) is 12.9. The zero-order chi connectivity index (χ0) is 22.6. The zero-order valence-electron chi connectivity index (χ0n) is 21.6. The molecule has 0 aliphatic rings. The summed E-state index contributed by atoms with van der Waals surface area (Å²) in [5, 5.41) is 0. The van der Waals surface area contributed by atoms with Crippen LogP contribution in [-0.4, -0.2) is 35.7 Å². The topological polar surface area (TPSA) is 53.7 Å². The van der Waals surface area contributed by atoms with E-state index in [9.17, 15) is 0 Å². The van der Waals surface area contributed by atoms with E-state index in [1.807, 2.05) is 0 Å². The van der Waals surface area contributed by atoms with Crippen LogP contribution in [0.25, 0.3) is 0 Å². The normalized spacial score (nSPS) is 13.7. The van der Waals surface area contributed by atoms with Crippen molar-refractivity contribution in [1.29, 1.82) is 0 Å². The van der Waals surface area contributed by atoms with Crippen molar-refractivity contribution in [1.82, 2.24) is 0 Å². The predicted octanol–water partition coefficient (Wildman–Crippen LogP) is 8.05. The molecule has 0 spiro atoms. The van der Waals surface area contributed by atoms with Crippen molar-refractivity contribution in [3.63, 3.8) is 0 Å². The van der Waals surface area contributed by atoms with E-state index in [2.05, 4.69) is 13.8 Å². The predicted molar refractivity (Wildman–Crippen MR) is 140 cm³/mol. The Balaban J connectivity index is 0. The van der Waals surface area contributed by atoms with Crippen molar-refractivity contribution in [3.8, 4) is 0 Å². The SMILES string of the molecule is CCCCCCCCCCCCCCCCCCC(C)(N)CC[Si](OC)(OC)OC.Cl. The number of hydrogen-bond donors (Lipinski definition) is 1. The molecule has 0 heterocycles. The standard InChI is InChI=1S/C25H55NO3Si.ClH/c1-6-7-8-9-10-11-12-13-14-15-16-17-18-19-20-21-22-25(2,26)23-24-30(27-3,28-4)29-5;/h6-24,26H2,1-5H3;1H. The second-order valence-electron chi connectivity index (χ2n) is 9.50. The van der Waals surface area contributed by atoms with Gasteiger partial charge in [0.2, 0.25) is 0 Å². The monoisotopic (exact) mass is 481 g/mol. The second-order valence-corrected chi connectivity index (χ2v) is 12.6. The molecule has 0 radical (unpaired) electrons. The van der Waals surface area contributed by atoms with Crippen molar-refractivity contribution in [2.75, 3.05) is 21.3 Å². The molecule has 0 bridgehead atoms. The van der Waals surface area contributed by atoms with Crippen molar-refractivity contribution in [2.45, 2.75) is 141 Å². The van der Waals surface area contributed by atoms with E-state index >= 15 is 0 Å². The van der Waals surface area contributed by atoms with Gasteiger partial charge in [0.1, 0.15) is 0 Å². The lowest BCUT2D eigenvalue weighted by Gasteiger charge is -2.30. The molecule has 0 aliphatic carbocycles. The minimum Gasteiger partial charge on any atom is -0.377 e. The Morgan fingerprint density at radius 3 is 1.23 bits per heavy atom. The molecule has 1 atom stereocenters. The summed E-state index contributed by atoms with van der Waals surface area (Å²) < 4.78 is 16.5. The highest BCUT2D eigenvalue weighted by atomic mass is 35.5. The van der Waals surface area contributed by atoms with Crippen LogP contribution in [0.1, 0.15) is 129 Å². The van der Waals surface area contributed by atoms with E-state index in [0.717, 1.165) is 18.9 Å². The summed E-state index contributed by atoms with van der Waals surface area (Å²) in [4.78, 5) is 0. The highest BCUT2D eigenvalue weighted by molar-refractivity contribution is 6.60. The molecule has 0 aliphatic heterocycles. The number of rotatable bonds is 23. The lowest BCUT2D eigenvalue weighted by molar-refractivity contribution is 0.120. The Kier molecular flexibility index (Phi) is 24.0. The van der Waals surface area contributed by atoms with Gasteiger partial charge in [-0.1, -0.05) is 110 Å². The van der Waals surface area contributed by atoms with Crippen LogP contribution in [-0.2, 0) is 13.3 Å². The number of unbranched alkanes of at least 4 members (excludes halogenated alkanes) is 15. The van der Waals surface area contributed by atoms with Crippen LogP contribution in [0, 0.1) is 0 Å². The van der Waals surface area contributed by atoms with Crippen molar-refractivity contribution >= 4 is 21.2 Å². The Labute approximate surface area is 202 Å². The van der Waals surface area contributed by atoms with Gasteiger partial charge in [0, 0.05) is 32.9 Å². The molecule has 0 aromatic rings. The molecule has 0 saturated carbocycles. The molecule has 0 amide bonds. The van der Waals surface area contributed by atoms with Gasteiger partial charge in [-0.15, -0.1) is 12.4 Å². The molecular weight excluding hydrogens is 426 g/mol. The first-order chi connectivity index (χ1) is 14.4. The third kappa shape index (κ3) is 19.5. The molecule has 6 heteroatoms. The molecule has 0 fully saturated rings. The van der Waals surface area contributed by atoms with Crippen LogP contribution in [0.4, 0.5) is 0 Å². The molecule has 190 valence electrons. The van der Waals surface area contributed by atoms with Gasteiger partial charge in [0.15, 0.2) is 0 Å². The fourth-order valence-electron chi connectivity index (χ4n) is 4.20. The van der Waals surface area contributed by atoms with Crippen molar-refractivity contribution in [3.05, 3.63) is 0 Å². The fraction of sp³-hybridized carbons (Fsp3) is 1.00. The molecule has 4 nitrogen and oxygen atoms in total. The van der Waals surface area contributed by atoms with Gasteiger partial charge >= 0.3 is 8.80 Å². The third-order valence-electron chi connectivity index (χ3n) is 6.54. The highest BCUT2D eigenvalue weighted by Crippen LogP contribution is 2.24. The van der Waals surface area contributed by atoms with Crippen molar-refractivity contribution in [2.24, 2.45) is 5.73 Å². The molecule has 0 aromatic carbocycles. The lowest BCUT2D eigenvalue weighted by atomic mass is 9.92. The molecule has 1 unspecified atom stereocenters. The number of halogens is 1. The Morgan fingerprint density at radius 2 is 0.903 bits per heavy atom. The first-order valence-corrected chi connectivity index (χ1v) is 14.8. The van der Waals surface area contributed by atoms with Gasteiger partial charge in [-0.3, -0.25) is 0 Å². The summed E-state index contributed by atoms with van der Waals surface area (Å²) in [5.41, 5.74) is 6.34. The summed E-state index contributed by atoms with van der Waals surface area (Å²) in [7, 11) is 2.51. The minimum absolute atomic E-state index is 0. The van der Waals surface area contributed by atoms with Crippen LogP contribution >= 0.6 is 12.4 Å². The van der Waals surface area contributed by atoms with Crippen LogP contribution in [0.5, 0.6) is 0 Å². The van der Waals surface area contributed by atoms with Gasteiger partial charge in [0.25, 0.3) is 0 Å². The summed E-state index contributed by atoms with van der Waals surface area (Å²) in [6.07, 6.45) is 24.4. The second kappa shape index (κ2) is 22.2. The van der Waals surface area contributed by atoms with Gasteiger partial charge < -0.3 is 19.0 Å². The average Bonchev–Trinajstić information content (AvgIpc) is 2.75. The van der Waals surface area contributed by atoms with Crippen LogP contribution in [0.3, 0.4) is 0 Å². The van der Waals surface area contributed by atoms with Gasteiger partial charge in [0.05, 0.1) is 0 Å². The van der Waals surface area contributed by atoms with Gasteiger partial charge in [-0.2, -0.15) is 0 Å². The number of hydrogen-bond acceptors (Lipinski definition) is 4. The fourth-order valence-corrected chi connectivity index (χ4v) is 6.19. The summed E-state index contributed by atoms with van der Waals surface area (Å²) in [5.74, 6) is 0. The molecule has 2 N–H and O–H groups in total. The summed E-state index contributed by atoms with van der Waals surface area (Å²) >= 11 is 0. The molecule has 0 aromatic heterocycles. The Morgan fingerprint density at radius 1 is 0.581 bits per heavy atom. The minimum atomic E-state index is -2.50. The van der Waals surface area contributed by atoms with E-state index in [0.29, 0.717) is 0 Å². The van der Waals surface area contributed by atoms with Crippen LogP contribution < -0.4 is 5.73 Å². The van der Waals surface area contributed by atoms with E-state index in [1.165, 1.54) is 103 Å². The molecule has 0 rings (SSSR count). The first kappa shape index (κ1) is 33.5. The summed E-state index contributed by atoms with van der Waals surface area (Å²) in [6.45, 7) is 4.44.